The largest absolute Gasteiger partial charge is 0.379 e. The Kier molecular flexibility index (Phi) is 5.48. The number of rotatable bonds is 3. The summed E-state index contributed by atoms with van der Waals surface area (Å²) in [6.45, 7) is 8.60. The zero-order valence-electron chi connectivity index (χ0n) is 14.2. The Morgan fingerprint density at radius 1 is 1.04 bits per heavy atom. The number of halogens is 1. The van der Waals surface area contributed by atoms with E-state index in [2.05, 4.69) is 61.6 Å². The van der Waals surface area contributed by atoms with Crippen LogP contribution in [0.3, 0.4) is 0 Å². The molecule has 2 aliphatic rings. The van der Waals surface area contributed by atoms with E-state index in [0.29, 0.717) is 0 Å². The Labute approximate surface area is 166 Å². The van der Waals surface area contributed by atoms with Gasteiger partial charge in [0.1, 0.15) is 17.4 Å². The number of aromatic nitrogens is 2. The zero-order chi connectivity index (χ0) is 17.4. The van der Waals surface area contributed by atoms with Gasteiger partial charge >= 0.3 is 0 Å². The molecule has 9 heteroatoms. The molecule has 0 bridgehead atoms. The maximum absolute atomic E-state index is 6.51. The van der Waals surface area contributed by atoms with Gasteiger partial charge in [-0.15, -0.1) is 0 Å². The van der Waals surface area contributed by atoms with Crippen molar-refractivity contribution in [1.82, 2.24) is 18.7 Å². The molecule has 4 heterocycles. The summed E-state index contributed by atoms with van der Waals surface area (Å²) in [7, 11) is 0. The third-order valence-electron chi connectivity index (χ3n) is 4.74. The monoisotopic (exact) mass is 492 g/mol. The summed E-state index contributed by atoms with van der Waals surface area (Å²) in [5, 5.41) is 0. The molecule has 0 N–H and O–H groups in total. The van der Waals surface area contributed by atoms with E-state index in [4.69, 9.17) is 26.3 Å². The summed E-state index contributed by atoms with van der Waals surface area (Å²) >= 11 is 8.86. The lowest BCUT2D eigenvalue weighted by molar-refractivity contribution is 0.0588. The lowest BCUT2D eigenvalue weighted by Gasteiger charge is -2.45. The number of nitrogens with zero attached hydrogens (tertiary/aromatic N) is 4. The van der Waals surface area contributed by atoms with E-state index < -0.39 is 6.34 Å². The van der Waals surface area contributed by atoms with Gasteiger partial charge in [-0.3, -0.25) is 13.7 Å². The SMILES string of the molecule is Cc1nc2ccc(I)cn2c1P(=S)(N1CCOCC1)N1CCOCC1. The van der Waals surface area contributed by atoms with Gasteiger partial charge in [-0.05, 0) is 41.6 Å². The van der Waals surface area contributed by atoms with Crippen molar-refractivity contribution < 1.29 is 9.47 Å². The molecule has 0 aliphatic carbocycles. The molecule has 2 saturated heterocycles. The number of pyridine rings is 1. The topological polar surface area (TPSA) is 42.2 Å². The van der Waals surface area contributed by atoms with Crippen molar-refractivity contribution >= 4 is 51.8 Å². The van der Waals surface area contributed by atoms with Crippen molar-refractivity contribution in [3.05, 3.63) is 27.6 Å². The van der Waals surface area contributed by atoms with Gasteiger partial charge in [-0.1, -0.05) is 11.8 Å². The molecule has 2 fully saturated rings. The molecule has 0 atom stereocenters. The van der Waals surface area contributed by atoms with Crippen LogP contribution >= 0.6 is 28.9 Å². The molecule has 2 aromatic heterocycles. The van der Waals surface area contributed by atoms with Crippen molar-refractivity contribution in [3.63, 3.8) is 0 Å². The molecule has 25 heavy (non-hydrogen) atoms. The van der Waals surface area contributed by atoms with Crippen LogP contribution in [0.5, 0.6) is 0 Å². The number of hydrogen-bond acceptors (Lipinski definition) is 4. The second-order valence-corrected chi connectivity index (χ2v) is 11.7. The summed E-state index contributed by atoms with van der Waals surface area (Å²) in [4.78, 5) is 4.81. The zero-order valence-corrected chi connectivity index (χ0v) is 18.1. The van der Waals surface area contributed by atoms with Gasteiger partial charge < -0.3 is 9.47 Å². The Balaban J connectivity index is 1.89. The minimum absolute atomic E-state index is 0.746. The summed E-state index contributed by atoms with van der Waals surface area (Å²) in [6.07, 6.45) is 0.0193. The standard InChI is InChI=1S/C16H22IN4O2PS/c1-13-16(21-12-14(17)2-3-15(21)18-13)24(25,19-4-8-22-9-5-19)20-6-10-23-11-7-20/h2-3,12H,4-11H2,1H3. The van der Waals surface area contributed by atoms with Crippen LogP contribution in [0.2, 0.25) is 0 Å². The summed E-state index contributed by atoms with van der Waals surface area (Å²) < 4.78 is 19.6. The molecule has 136 valence electrons. The Morgan fingerprint density at radius 3 is 2.16 bits per heavy atom. The van der Waals surface area contributed by atoms with E-state index in [0.717, 1.165) is 63.9 Å². The predicted octanol–water partition coefficient (Wildman–Crippen LogP) is 1.85. The molecule has 0 amide bonds. The molecule has 4 rings (SSSR count). The molecule has 6 nitrogen and oxygen atoms in total. The fourth-order valence-corrected chi connectivity index (χ4v) is 8.89. The maximum atomic E-state index is 6.51. The van der Waals surface area contributed by atoms with Crippen LogP contribution < -0.4 is 5.44 Å². The lowest BCUT2D eigenvalue weighted by Crippen LogP contribution is -2.47. The smallest absolute Gasteiger partial charge is 0.137 e. The number of morpholine rings is 2. The first-order valence-corrected chi connectivity index (χ1v) is 12.3. The number of aryl methyl sites for hydroxylation is 1. The van der Waals surface area contributed by atoms with Crippen molar-refractivity contribution in [2.75, 3.05) is 52.6 Å². The second-order valence-electron chi connectivity index (χ2n) is 6.27. The van der Waals surface area contributed by atoms with Crippen LogP contribution in [0.1, 0.15) is 5.69 Å². The third-order valence-corrected chi connectivity index (χ3v) is 10.7. The van der Waals surface area contributed by atoms with E-state index in [1.54, 1.807) is 0 Å². The van der Waals surface area contributed by atoms with Gasteiger partial charge in [0, 0.05) is 35.9 Å². The molecule has 0 saturated carbocycles. The number of fused-ring (bicyclic) bond motifs is 1. The summed E-state index contributed by atoms with van der Waals surface area (Å²) in [5.74, 6) is 0. The molecule has 0 spiro atoms. The van der Waals surface area contributed by atoms with Crippen LogP contribution in [0, 0.1) is 10.5 Å². The minimum Gasteiger partial charge on any atom is -0.379 e. The van der Waals surface area contributed by atoms with Gasteiger partial charge in [-0.25, -0.2) is 4.98 Å². The minimum atomic E-state index is -2.14. The quantitative estimate of drug-likeness (QED) is 0.482. The van der Waals surface area contributed by atoms with Crippen LogP contribution in [0.15, 0.2) is 18.3 Å². The van der Waals surface area contributed by atoms with E-state index in [9.17, 15) is 0 Å². The van der Waals surface area contributed by atoms with E-state index >= 15 is 0 Å². The van der Waals surface area contributed by atoms with Gasteiger partial charge in [0.2, 0.25) is 0 Å². The lowest BCUT2D eigenvalue weighted by atomic mass is 10.5. The normalized spacial score (nSPS) is 21.0. The van der Waals surface area contributed by atoms with Crippen LogP contribution in [0.25, 0.3) is 5.65 Å². The number of ether oxygens (including phenoxy) is 2. The number of hydrogen-bond donors (Lipinski definition) is 0. The predicted molar refractivity (Wildman–Crippen MR) is 111 cm³/mol. The third kappa shape index (κ3) is 3.31. The van der Waals surface area contributed by atoms with Gasteiger partial charge in [-0.2, -0.15) is 0 Å². The highest BCUT2D eigenvalue weighted by Crippen LogP contribution is 2.53. The molecule has 0 aromatic carbocycles. The van der Waals surface area contributed by atoms with Gasteiger partial charge in [0.05, 0.1) is 32.1 Å². The van der Waals surface area contributed by atoms with Crippen molar-refractivity contribution in [2.24, 2.45) is 0 Å². The maximum Gasteiger partial charge on any atom is 0.137 e. The first-order valence-electron chi connectivity index (χ1n) is 8.52. The fourth-order valence-electron chi connectivity index (χ4n) is 3.57. The molecular formula is C16H22IN4O2PS. The molecule has 0 unspecified atom stereocenters. The van der Waals surface area contributed by atoms with Crippen LogP contribution in [-0.2, 0) is 21.3 Å². The van der Waals surface area contributed by atoms with Gasteiger partial charge in [0.25, 0.3) is 0 Å². The summed E-state index contributed by atoms with van der Waals surface area (Å²) in [5.41, 5.74) is 3.21. The van der Waals surface area contributed by atoms with Crippen molar-refractivity contribution in [2.45, 2.75) is 6.92 Å². The highest BCUT2D eigenvalue weighted by molar-refractivity contribution is 14.1. The van der Waals surface area contributed by atoms with Crippen LogP contribution in [0.4, 0.5) is 0 Å². The van der Waals surface area contributed by atoms with Crippen molar-refractivity contribution in [3.8, 4) is 0 Å². The Morgan fingerprint density at radius 2 is 1.60 bits per heavy atom. The second kappa shape index (κ2) is 7.50. The molecule has 2 aromatic rings. The average molecular weight is 492 g/mol. The van der Waals surface area contributed by atoms with Gasteiger partial charge in [0.15, 0.2) is 0 Å². The Bertz CT molecular complexity index is 796. The van der Waals surface area contributed by atoms with E-state index in [1.165, 1.54) is 9.01 Å². The molecule has 0 radical (unpaired) electrons. The van der Waals surface area contributed by atoms with Crippen LogP contribution in [-0.4, -0.2) is 71.3 Å². The first kappa shape index (κ1) is 18.3. The highest BCUT2D eigenvalue weighted by Gasteiger charge is 2.39. The Hall–Kier alpha value is -0.0900. The van der Waals surface area contributed by atoms with E-state index in [1.807, 2.05) is 0 Å². The molecule has 2 aliphatic heterocycles. The first-order chi connectivity index (χ1) is 12.1. The molecular weight excluding hydrogens is 470 g/mol. The fraction of sp³-hybridized carbons (Fsp3) is 0.562. The average Bonchev–Trinajstić information content (AvgIpc) is 2.98. The van der Waals surface area contributed by atoms with E-state index in [-0.39, 0.29) is 0 Å². The highest BCUT2D eigenvalue weighted by atomic mass is 127. The summed E-state index contributed by atoms with van der Waals surface area (Å²) in [6, 6.07) is 4.18. The van der Waals surface area contributed by atoms with Crippen molar-refractivity contribution in [1.29, 1.82) is 0 Å². The number of imidazole rings is 1.